The van der Waals surface area contributed by atoms with Crippen LogP contribution in [0, 0.1) is 5.82 Å². The smallest absolute Gasteiger partial charge is 0.282 e. The van der Waals surface area contributed by atoms with Crippen molar-refractivity contribution in [2.24, 2.45) is 7.05 Å². The summed E-state index contributed by atoms with van der Waals surface area (Å²) in [5.41, 5.74) is 6.02. The van der Waals surface area contributed by atoms with Gasteiger partial charge in [-0.3, -0.25) is 0 Å². The summed E-state index contributed by atoms with van der Waals surface area (Å²) in [6.45, 7) is 3.17. The molecule has 0 N–H and O–H groups in total. The van der Waals surface area contributed by atoms with Crippen LogP contribution in [0.25, 0.3) is 28.2 Å². The average molecular weight is 547 g/mol. The third kappa shape index (κ3) is 5.32. The molecule has 7 nitrogen and oxygen atoms in total. The number of nitrogens with zero attached hydrogens (tertiary/aromatic N) is 4. The normalized spacial score (nSPS) is 14.7. The standard InChI is InChI=1S/C30H31FN4O3S/c1-4-34-27-20-23(22-10-6-5-7-11-22)14-16-25(27)32(2)29(34)12-8-13-30-33(3)26-17-15-24(31)21-28(26)35(30)18-9-19-39(36,37)38/h5-8,10-17,20-21H,4,9,18-19H2,1-3H3. The Kier molecular flexibility index (Phi) is 7.29. The predicted octanol–water partition coefficient (Wildman–Crippen LogP) is 5.04. The highest BCUT2D eigenvalue weighted by Crippen LogP contribution is 2.42. The summed E-state index contributed by atoms with van der Waals surface area (Å²) in [6, 6.07) is 21.3. The molecule has 9 heteroatoms. The lowest BCUT2D eigenvalue weighted by atomic mass is 10.0. The Morgan fingerprint density at radius 1 is 1.00 bits per heavy atom. The zero-order valence-corrected chi connectivity index (χ0v) is 23.0. The molecule has 0 atom stereocenters. The largest absolute Gasteiger partial charge is 0.748 e. The van der Waals surface area contributed by atoms with Crippen molar-refractivity contribution in [3.63, 3.8) is 0 Å². The van der Waals surface area contributed by atoms with Crippen molar-refractivity contribution in [1.82, 2.24) is 4.57 Å². The molecular formula is C30H31FN4O3S. The first-order valence-corrected chi connectivity index (χ1v) is 14.5. The zero-order valence-electron chi connectivity index (χ0n) is 22.2. The highest BCUT2D eigenvalue weighted by atomic mass is 32.2. The Labute approximate surface area is 228 Å². The van der Waals surface area contributed by atoms with Gasteiger partial charge in [-0.25, -0.2) is 21.9 Å². The molecular weight excluding hydrogens is 515 g/mol. The van der Waals surface area contributed by atoms with E-state index in [9.17, 15) is 17.4 Å². The maximum atomic E-state index is 14.1. The summed E-state index contributed by atoms with van der Waals surface area (Å²) < 4.78 is 51.4. The van der Waals surface area contributed by atoms with Crippen LogP contribution in [0.4, 0.5) is 15.8 Å². The van der Waals surface area contributed by atoms with Gasteiger partial charge in [0.1, 0.15) is 11.6 Å². The van der Waals surface area contributed by atoms with E-state index in [2.05, 4.69) is 47.1 Å². The first kappa shape index (κ1) is 26.6. The van der Waals surface area contributed by atoms with E-state index in [-0.39, 0.29) is 18.8 Å². The molecule has 0 bridgehead atoms. The van der Waals surface area contributed by atoms with E-state index in [1.165, 1.54) is 12.1 Å². The number of anilines is 2. The lowest BCUT2D eigenvalue weighted by Gasteiger charge is -2.20. The van der Waals surface area contributed by atoms with Crippen molar-refractivity contribution < 1.29 is 21.9 Å². The van der Waals surface area contributed by atoms with Crippen molar-refractivity contribution in [2.45, 2.75) is 19.9 Å². The molecule has 0 aliphatic carbocycles. The summed E-state index contributed by atoms with van der Waals surface area (Å²) >= 11 is 0. The lowest BCUT2D eigenvalue weighted by molar-refractivity contribution is -0.647. The van der Waals surface area contributed by atoms with Gasteiger partial charge in [0.05, 0.1) is 35.1 Å². The van der Waals surface area contributed by atoms with Crippen LogP contribution in [0.5, 0.6) is 0 Å². The number of benzene rings is 3. The Hall–Kier alpha value is -3.95. The summed E-state index contributed by atoms with van der Waals surface area (Å²) in [5.74, 6) is 0.930. The van der Waals surface area contributed by atoms with Gasteiger partial charge in [0, 0.05) is 31.5 Å². The van der Waals surface area contributed by atoms with Gasteiger partial charge >= 0.3 is 0 Å². The third-order valence-corrected chi connectivity index (χ3v) is 7.94. The molecule has 0 spiro atoms. The van der Waals surface area contributed by atoms with Crippen molar-refractivity contribution in [1.29, 1.82) is 0 Å². The molecule has 0 fully saturated rings. The van der Waals surface area contributed by atoms with Gasteiger partial charge in [0.15, 0.2) is 11.0 Å². The van der Waals surface area contributed by atoms with Crippen LogP contribution >= 0.6 is 0 Å². The van der Waals surface area contributed by atoms with Gasteiger partial charge in [0.2, 0.25) is 0 Å². The summed E-state index contributed by atoms with van der Waals surface area (Å²) in [5, 5.41) is 0. The number of aryl methyl sites for hydroxylation is 2. The van der Waals surface area contributed by atoms with Gasteiger partial charge in [0.25, 0.3) is 5.82 Å². The summed E-state index contributed by atoms with van der Waals surface area (Å²) in [7, 11) is -0.410. The second kappa shape index (κ2) is 10.7. The maximum Gasteiger partial charge on any atom is 0.282 e. The third-order valence-electron chi connectivity index (χ3n) is 7.15. The van der Waals surface area contributed by atoms with Crippen LogP contribution in [0.1, 0.15) is 19.2 Å². The van der Waals surface area contributed by atoms with E-state index < -0.39 is 15.9 Å². The molecule has 0 amide bonds. The number of hydrogen-bond donors (Lipinski definition) is 0. The highest BCUT2D eigenvalue weighted by molar-refractivity contribution is 7.85. The molecule has 0 saturated heterocycles. The summed E-state index contributed by atoms with van der Waals surface area (Å²) in [4.78, 5) is 4.41. The van der Waals surface area contributed by atoms with Crippen LogP contribution in [-0.2, 0) is 23.7 Å². The SMILES string of the molecule is CCN1/C(=C/C=C/c2n(CCCS(=O)(=O)[O-])c3cc(F)ccc3[n+]2C)N(C)c2ccc(-c3ccccc3)cc21. The topological polar surface area (TPSA) is 72.5 Å². The second-order valence-electron chi connectivity index (χ2n) is 9.57. The second-order valence-corrected chi connectivity index (χ2v) is 11.1. The minimum atomic E-state index is -4.33. The van der Waals surface area contributed by atoms with Gasteiger partial charge < -0.3 is 14.4 Å². The fourth-order valence-electron chi connectivity index (χ4n) is 5.28. The number of allylic oxidation sites excluding steroid dienone is 2. The van der Waals surface area contributed by atoms with E-state index in [0.717, 1.165) is 46.2 Å². The lowest BCUT2D eigenvalue weighted by Crippen LogP contribution is -2.31. The molecule has 2 heterocycles. The number of halogens is 1. The first-order valence-electron chi connectivity index (χ1n) is 12.9. The van der Waals surface area contributed by atoms with Crippen LogP contribution in [0.15, 0.2) is 84.7 Å². The molecule has 0 unspecified atom stereocenters. The summed E-state index contributed by atoms with van der Waals surface area (Å²) in [6.07, 6.45) is 6.05. The monoisotopic (exact) mass is 546 g/mol. The van der Waals surface area contributed by atoms with Gasteiger partial charge in [-0.1, -0.05) is 42.5 Å². The van der Waals surface area contributed by atoms with Crippen molar-refractivity contribution >= 4 is 38.6 Å². The van der Waals surface area contributed by atoms with Crippen LogP contribution in [0.3, 0.4) is 0 Å². The van der Waals surface area contributed by atoms with Crippen molar-refractivity contribution in [3.8, 4) is 11.1 Å². The Morgan fingerprint density at radius 3 is 2.49 bits per heavy atom. The van der Waals surface area contributed by atoms with Crippen LogP contribution in [-0.4, -0.2) is 36.9 Å². The Morgan fingerprint density at radius 2 is 1.77 bits per heavy atom. The zero-order chi connectivity index (χ0) is 27.7. The number of rotatable bonds is 8. The van der Waals surface area contributed by atoms with E-state index in [0.29, 0.717) is 5.52 Å². The molecule has 0 radical (unpaired) electrons. The van der Waals surface area contributed by atoms with E-state index in [1.807, 2.05) is 59.7 Å². The molecule has 202 valence electrons. The molecule has 1 aliphatic rings. The Balaban J connectivity index is 1.49. The number of imidazole rings is 1. The fourth-order valence-corrected chi connectivity index (χ4v) is 5.76. The van der Waals surface area contributed by atoms with E-state index >= 15 is 0 Å². The van der Waals surface area contributed by atoms with Crippen LogP contribution in [0.2, 0.25) is 0 Å². The van der Waals surface area contributed by atoms with Gasteiger partial charge in [-0.15, -0.1) is 0 Å². The van der Waals surface area contributed by atoms with Crippen molar-refractivity contribution in [3.05, 3.63) is 96.3 Å². The van der Waals surface area contributed by atoms with E-state index in [1.54, 1.807) is 6.07 Å². The molecule has 1 aromatic heterocycles. The van der Waals surface area contributed by atoms with Gasteiger partial charge in [-0.2, -0.15) is 0 Å². The van der Waals surface area contributed by atoms with Gasteiger partial charge in [-0.05, 0) is 54.8 Å². The molecule has 0 saturated carbocycles. The number of fused-ring (bicyclic) bond motifs is 2. The number of hydrogen-bond acceptors (Lipinski definition) is 5. The maximum absolute atomic E-state index is 14.1. The quantitative estimate of drug-likeness (QED) is 0.229. The minimum Gasteiger partial charge on any atom is -0.748 e. The molecule has 1 aliphatic heterocycles. The fraction of sp³-hybridized carbons (Fsp3) is 0.233. The molecule has 39 heavy (non-hydrogen) atoms. The van der Waals surface area contributed by atoms with Crippen LogP contribution < -0.4 is 14.4 Å². The van der Waals surface area contributed by atoms with Crippen molar-refractivity contribution in [2.75, 3.05) is 29.1 Å². The molecule has 4 aromatic rings. The predicted molar refractivity (Wildman–Crippen MR) is 153 cm³/mol. The highest BCUT2D eigenvalue weighted by Gasteiger charge is 2.28. The minimum absolute atomic E-state index is 0.138. The Bertz CT molecular complexity index is 1690. The van der Waals surface area contributed by atoms with E-state index in [4.69, 9.17) is 0 Å². The molecule has 5 rings (SSSR count). The average Bonchev–Trinajstić information content (AvgIpc) is 3.33. The first-order chi connectivity index (χ1) is 18.7. The number of aromatic nitrogens is 2. The molecule has 3 aromatic carbocycles.